The van der Waals surface area contributed by atoms with Crippen molar-refractivity contribution >= 4 is 43.5 Å². The number of rotatable bonds is 9. The second kappa shape index (κ2) is 12.2. The molecular formula is C27H36BrN3O4S. The summed E-state index contributed by atoms with van der Waals surface area (Å²) in [5, 5.41) is 3.11. The highest BCUT2D eigenvalue weighted by molar-refractivity contribution is 9.10. The van der Waals surface area contributed by atoms with Crippen molar-refractivity contribution in [1.82, 2.24) is 10.2 Å². The number of benzene rings is 2. The number of carbonyl (C=O) groups is 2. The van der Waals surface area contributed by atoms with Crippen molar-refractivity contribution in [3.8, 4) is 0 Å². The number of halogens is 1. The van der Waals surface area contributed by atoms with Crippen molar-refractivity contribution in [2.24, 2.45) is 0 Å². The molecule has 2 amide bonds. The Morgan fingerprint density at radius 2 is 1.78 bits per heavy atom. The molecule has 1 fully saturated rings. The lowest BCUT2D eigenvalue weighted by Gasteiger charge is -2.33. The third-order valence-corrected chi connectivity index (χ3v) is 8.28. The van der Waals surface area contributed by atoms with Crippen molar-refractivity contribution < 1.29 is 18.0 Å². The average molecular weight is 579 g/mol. The van der Waals surface area contributed by atoms with Gasteiger partial charge in [0.05, 0.1) is 11.9 Å². The van der Waals surface area contributed by atoms with Crippen LogP contribution in [0.3, 0.4) is 0 Å². The molecule has 1 saturated carbocycles. The number of hydrogen-bond donors (Lipinski definition) is 1. The predicted octanol–water partition coefficient (Wildman–Crippen LogP) is 4.70. The highest BCUT2D eigenvalue weighted by atomic mass is 79.9. The largest absolute Gasteiger partial charge is 0.352 e. The first kappa shape index (κ1) is 28.2. The van der Waals surface area contributed by atoms with E-state index in [1.807, 2.05) is 50.2 Å². The van der Waals surface area contributed by atoms with Gasteiger partial charge in [0.15, 0.2) is 0 Å². The maximum atomic E-state index is 13.7. The summed E-state index contributed by atoms with van der Waals surface area (Å²) in [6, 6.07) is 12.3. The molecule has 2 aromatic rings. The number of nitrogens with one attached hydrogen (secondary N) is 1. The Kier molecular flexibility index (Phi) is 9.58. The zero-order chi connectivity index (χ0) is 26.5. The normalized spacial score (nSPS) is 15.2. The van der Waals surface area contributed by atoms with E-state index in [-0.39, 0.29) is 18.5 Å². The maximum absolute atomic E-state index is 13.7. The molecule has 0 heterocycles. The molecule has 1 aliphatic rings. The summed E-state index contributed by atoms with van der Waals surface area (Å²) in [7, 11) is -3.75. The molecule has 0 spiro atoms. The fraction of sp³-hybridized carbons (Fsp3) is 0.481. The SMILES string of the molecule is Cc1ccc(N(CC(=O)N(Cc2cccc(Br)c2)[C@@H](C)C(=O)NC2CCCCC2)S(C)(=O)=O)c(C)c1. The van der Waals surface area contributed by atoms with Crippen molar-refractivity contribution in [3.63, 3.8) is 0 Å². The van der Waals surface area contributed by atoms with Gasteiger partial charge in [-0.3, -0.25) is 13.9 Å². The minimum absolute atomic E-state index is 0.110. The van der Waals surface area contributed by atoms with E-state index in [2.05, 4.69) is 21.2 Å². The number of sulfonamides is 1. The summed E-state index contributed by atoms with van der Waals surface area (Å²) in [6.45, 7) is 5.25. The molecule has 1 atom stereocenters. The Bertz CT molecular complexity index is 1200. The molecule has 1 aliphatic carbocycles. The molecule has 2 aromatic carbocycles. The first-order chi connectivity index (χ1) is 17.0. The van der Waals surface area contributed by atoms with E-state index in [9.17, 15) is 18.0 Å². The number of nitrogens with zero attached hydrogens (tertiary/aromatic N) is 2. The lowest BCUT2D eigenvalue weighted by Crippen LogP contribution is -2.53. The van der Waals surface area contributed by atoms with E-state index >= 15 is 0 Å². The summed E-state index contributed by atoms with van der Waals surface area (Å²) in [4.78, 5) is 28.4. The fourth-order valence-corrected chi connectivity index (χ4v) is 6.02. The van der Waals surface area contributed by atoms with Crippen LogP contribution in [0.15, 0.2) is 46.9 Å². The molecule has 0 aliphatic heterocycles. The average Bonchev–Trinajstić information content (AvgIpc) is 2.81. The fourth-order valence-electron chi connectivity index (χ4n) is 4.66. The molecular weight excluding hydrogens is 542 g/mol. The number of hydrogen-bond acceptors (Lipinski definition) is 4. The van der Waals surface area contributed by atoms with E-state index in [0.717, 1.165) is 57.4 Å². The number of carbonyl (C=O) groups excluding carboxylic acids is 2. The van der Waals surface area contributed by atoms with E-state index in [4.69, 9.17) is 0 Å². The Morgan fingerprint density at radius 1 is 1.08 bits per heavy atom. The minimum Gasteiger partial charge on any atom is -0.352 e. The molecule has 36 heavy (non-hydrogen) atoms. The van der Waals surface area contributed by atoms with Gasteiger partial charge in [-0.05, 0) is 62.9 Å². The standard InChI is InChI=1S/C27H36BrN3O4S/c1-19-13-14-25(20(2)15-19)31(36(4,34)35)18-26(32)30(17-22-9-8-10-23(28)16-22)21(3)27(33)29-24-11-6-5-7-12-24/h8-10,13-16,21,24H,5-7,11-12,17-18H2,1-4H3,(H,29,33)/t21-/m0/s1. The summed E-state index contributed by atoms with van der Waals surface area (Å²) >= 11 is 3.46. The van der Waals surface area contributed by atoms with Gasteiger partial charge in [-0.1, -0.05) is 65.0 Å². The maximum Gasteiger partial charge on any atom is 0.244 e. The molecule has 1 N–H and O–H groups in total. The molecule has 7 nitrogen and oxygen atoms in total. The van der Waals surface area contributed by atoms with Gasteiger partial charge in [0.1, 0.15) is 12.6 Å². The molecule has 0 saturated heterocycles. The number of aryl methyl sites for hydroxylation is 2. The van der Waals surface area contributed by atoms with Gasteiger partial charge < -0.3 is 10.2 Å². The molecule has 3 rings (SSSR count). The van der Waals surface area contributed by atoms with Gasteiger partial charge in [-0.25, -0.2) is 8.42 Å². The number of amides is 2. The van der Waals surface area contributed by atoms with Crippen molar-refractivity contribution in [2.45, 2.75) is 71.5 Å². The van der Waals surface area contributed by atoms with E-state index < -0.39 is 28.5 Å². The van der Waals surface area contributed by atoms with Crippen LogP contribution in [0, 0.1) is 13.8 Å². The van der Waals surface area contributed by atoms with Crippen LogP contribution in [0.4, 0.5) is 5.69 Å². The quantitative estimate of drug-likeness (QED) is 0.468. The summed E-state index contributed by atoms with van der Waals surface area (Å²) in [5.41, 5.74) is 3.06. The first-order valence-corrected chi connectivity index (χ1v) is 15.0. The van der Waals surface area contributed by atoms with Crippen LogP contribution in [-0.2, 0) is 26.2 Å². The lowest BCUT2D eigenvalue weighted by atomic mass is 9.95. The summed E-state index contributed by atoms with van der Waals surface area (Å²) in [5.74, 6) is -0.658. The molecule has 0 radical (unpaired) electrons. The van der Waals surface area contributed by atoms with Crippen LogP contribution in [-0.4, -0.2) is 50.0 Å². The van der Waals surface area contributed by atoms with Crippen LogP contribution >= 0.6 is 15.9 Å². The Balaban J connectivity index is 1.89. The van der Waals surface area contributed by atoms with Gasteiger partial charge in [0.25, 0.3) is 0 Å². The third kappa shape index (κ3) is 7.56. The van der Waals surface area contributed by atoms with E-state index in [1.165, 1.54) is 11.3 Å². The monoisotopic (exact) mass is 577 g/mol. The Hall–Kier alpha value is -2.39. The van der Waals surface area contributed by atoms with Crippen LogP contribution in [0.5, 0.6) is 0 Å². The minimum atomic E-state index is -3.75. The second-order valence-corrected chi connectivity index (χ2v) is 12.6. The predicted molar refractivity (Wildman–Crippen MR) is 147 cm³/mol. The highest BCUT2D eigenvalue weighted by Gasteiger charge is 2.31. The van der Waals surface area contributed by atoms with Crippen molar-refractivity contribution in [2.75, 3.05) is 17.1 Å². The molecule has 0 aromatic heterocycles. The zero-order valence-corrected chi connectivity index (χ0v) is 23.9. The van der Waals surface area contributed by atoms with Crippen LogP contribution in [0.2, 0.25) is 0 Å². The van der Waals surface area contributed by atoms with Gasteiger partial charge >= 0.3 is 0 Å². The topological polar surface area (TPSA) is 86.8 Å². The Labute approximate surface area is 223 Å². The molecule has 0 bridgehead atoms. The second-order valence-electron chi connectivity index (χ2n) is 9.73. The third-order valence-electron chi connectivity index (χ3n) is 6.66. The smallest absolute Gasteiger partial charge is 0.244 e. The van der Waals surface area contributed by atoms with Gasteiger partial charge in [-0.15, -0.1) is 0 Å². The summed E-state index contributed by atoms with van der Waals surface area (Å²) < 4.78 is 27.5. The lowest BCUT2D eigenvalue weighted by molar-refractivity contribution is -0.139. The molecule has 9 heteroatoms. The van der Waals surface area contributed by atoms with Crippen molar-refractivity contribution in [3.05, 3.63) is 63.6 Å². The van der Waals surface area contributed by atoms with Crippen LogP contribution in [0.1, 0.15) is 55.7 Å². The molecule has 196 valence electrons. The van der Waals surface area contributed by atoms with Crippen LogP contribution < -0.4 is 9.62 Å². The highest BCUT2D eigenvalue weighted by Crippen LogP contribution is 2.25. The summed E-state index contributed by atoms with van der Waals surface area (Å²) in [6.07, 6.45) is 6.31. The Morgan fingerprint density at radius 3 is 2.39 bits per heavy atom. The first-order valence-electron chi connectivity index (χ1n) is 12.3. The van der Waals surface area contributed by atoms with E-state index in [1.54, 1.807) is 13.0 Å². The van der Waals surface area contributed by atoms with Gasteiger partial charge in [0.2, 0.25) is 21.8 Å². The van der Waals surface area contributed by atoms with Crippen LogP contribution in [0.25, 0.3) is 0 Å². The van der Waals surface area contributed by atoms with Gasteiger partial charge in [-0.2, -0.15) is 0 Å². The van der Waals surface area contributed by atoms with Gasteiger partial charge in [0, 0.05) is 17.1 Å². The van der Waals surface area contributed by atoms with Crippen molar-refractivity contribution in [1.29, 1.82) is 0 Å². The number of anilines is 1. The molecule has 0 unspecified atom stereocenters. The van der Waals surface area contributed by atoms with E-state index in [0.29, 0.717) is 5.69 Å². The zero-order valence-electron chi connectivity index (χ0n) is 21.5.